The number of phenols is 1. The summed E-state index contributed by atoms with van der Waals surface area (Å²) in [5.74, 6) is 1.00. The number of benzene rings is 3. The number of amides is 2. The molecule has 10 heteroatoms. The molecule has 190 valence electrons. The highest BCUT2D eigenvalue weighted by molar-refractivity contribution is 8.25. The van der Waals surface area contributed by atoms with E-state index in [1.165, 1.54) is 33.5 Å². The molecule has 0 aromatic heterocycles. The van der Waals surface area contributed by atoms with Gasteiger partial charge in [-0.1, -0.05) is 30.4 Å². The molecule has 0 radical (unpaired) electrons. The Hall–Kier alpha value is -3.76. The molecular formula is C27H24N2O6S2. The molecule has 5 rings (SSSR count). The zero-order valence-electron chi connectivity index (χ0n) is 20.4. The lowest BCUT2D eigenvalue weighted by Crippen LogP contribution is -2.41. The molecule has 0 atom stereocenters. The summed E-state index contributed by atoms with van der Waals surface area (Å²) in [7, 11) is 3.12. The van der Waals surface area contributed by atoms with Gasteiger partial charge in [-0.15, -0.1) is 0 Å². The Bertz CT molecular complexity index is 1320. The second-order valence-electron chi connectivity index (χ2n) is 8.09. The Morgan fingerprint density at radius 1 is 0.757 bits per heavy atom. The summed E-state index contributed by atoms with van der Waals surface area (Å²) in [4.78, 5) is 29.0. The number of ether oxygens (including phenoxy) is 3. The fraction of sp³-hybridized carbons (Fsp3) is 0.185. The van der Waals surface area contributed by atoms with Gasteiger partial charge in [-0.05, 0) is 67.1 Å². The summed E-state index contributed by atoms with van der Waals surface area (Å²) in [5.41, 5.74) is 1.04. The molecule has 1 saturated heterocycles. The molecule has 8 nitrogen and oxygen atoms in total. The average molecular weight is 537 g/mol. The van der Waals surface area contributed by atoms with Gasteiger partial charge in [0.25, 0.3) is 11.8 Å². The monoisotopic (exact) mass is 536 g/mol. The van der Waals surface area contributed by atoms with E-state index in [9.17, 15) is 14.7 Å². The van der Waals surface area contributed by atoms with Gasteiger partial charge in [0, 0.05) is 0 Å². The first kappa shape index (κ1) is 24.9. The van der Waals surface area contributed by atoms with E-state index in [1.807, 2.05) is 6.92 Å². The molecular weight excluding hydrogens is 512 g/mol. The van der Waals surface area contributed by atoms with Crippen molar-refractivity contribution in [3.63, 3.8) is 0 Å². The summed E-state index contributed by atoms with van der Waals surface area (Å²) >= 11 is 2.46. The Morgan fingerprint density at radius 2 is 1.27 bits per heavy atom. The topological polar surface area (TPSA) is 88.5 Å². The molecule has 2 aliphatic rings. The van der Waals surface area contributed by atoms with Crippen molar-refractivity contribution in [3.8, 4) is 23.0 Å². The van der Waals surface area contributed by atoms with Gasteiger partial charge in [0.1, 0.15) is 28.6 Å². The quantitative estimate of drug-likeness (QED) is 0.308. The van der Waals surface area contributed by atoms with Gasteiger partial charge >= 0.3 is 0 Å². The maximum atomic E-state index is 13.9. The highest BCUT2D eigenvalue weighted by Gasteiger charge is 2.46. The van der Waals surface area contributed by atoms with Crippen LogP contribution in [0.2, 0.25) is 0 Å². The molecule has 2 heterocycles. The summed E-state index contributed by atoms with van der Waals surface area (Å²) < 4.78 is 16.9. The third-order valence-electron chi connectivity index (χ3n) is 5.76. The summed E-state index contributed by atoms with van der Waals surface area (Å²) in [6.45, 7) is 2.52. The lowest BCUT2D eigenvalue weighted by Gasteiger charge is -2.27. The molecule has 2 aliphatic heterocycles. The first-order chi connectivity index (χ1) is 18.0. The molecule has 1 N–H and O–H groups in total. The van der Waals surface area contributed by atoms with Crippen LogP contribution in [0.5, 0.6) is 23.0 Å². The van der Waals surface area contributed by atoms with Crippen molar-refractivity contribution in [2.24, 2.45) is 0 Å². The van der Waals surface area contributed by atoms with Crippen LogP contribution >= 0.6 is 23.5 Å². The van der Waals surface area contributed by atoms with E-state index in [4.69, 9.17) is 14.2 Å². The molecule has 0 spiro atoms. The minimum Gasteiger partial charge on any atom is -0.507 e. The zero-order chi connectivity index (χ0) is 26.1. The number of hydrogen-bond donors (Lipinski definition) is 1. The second-order valence-corrected chi connectivity index (χ2v) is 10.4. The zero-order valence-corrected chi connectivity index (χ0v) is 22.0. The number of phenolic OH excluding ortho intramolecular Hbond substituents is 1. The number of aromatic hydroxyl groups is 1. The van der Waals surface area contributed by atoms with E-state index in [-0.39, 0.29) is 11.3 Å². The number of carbonyl (C=O) groups is 2. The van der Waals surface area contributed by atoms with Crippen LogP contribution < -0.4 is 24.2 Å². The van der Waals surface area contributed by atoms with E-state index in [0.717, 1.165) is 6.42 Å². The number of rotatable bonds is 7. The lowest BCUT2D eigenvalue weighted by atomic mass is 10.2. The molecule has 0 aliphatic carbocycles. The van der Waals surface area contributed by atoms with E-state index >= 15 is 0 Å². The Kier molecular flexibility index (Phi) is 6.94. The molecule has 1 fully saturated rings. The van der Waals surface area contributed by atoms with Crippen LogP contribution in [0.25, 0.3) is 0 Å². The van der Waals surface area contributed by atoms with Crippen LogP contribution in [-0.4, -0.2) is 37.7 Å². The smallest absolute Gasteiger partial charge is 0.284 e. The van der Waals surface area contributed by atoms with E-state index in [0.29, 0.717) is 49.3 Å². The van der Waals surface area contributed by atoms with E-state index in [2.05, 4.69) is 0 Å². The minimum atomic E-state index is -0.468. The molecule has 0 saturated carbocycles. The van der Waals surface area contributed by atoms with Gasteiger partial charge in [0.2, 0.25) is 0 Å². The summed E-state index contributed by atoms with van der Waals surface area (Å²) in [6.07, 6.45) is 0.825. The highest BCUT2D eigenvalue weighted by Crippen LogP contribution is 2.59. The maximum Gasteiger partial charge on any atom is 0.284 e. The van der Waals surface area contributed by atoms with Crippen molar-refractivity contribution >= 4 is 46.7 Å². The second kappa shape index (κ2) is 10.3. The number of methoxy groups -OCH3 is 2. The van der Waals surface area contributed by atoms with Crippen molar-refractivity contribution in [3.05, 3.63) is 70.5 Å². The lowest BCUT2D eigenvalue weighted by molar-refractivity contribution is -0.116. The van der Waals surface area contributed by atoms with Crippen molar-refractivity contribution in [2.75, 3.05) is 30.8 Å². The SMILES string of the molecule is CCCOc1ccc(O)c2c1SC(=C1C(=O)N(c3ccc(OC)cc3)N(c3ccc(OC)cc3)C1=O)S2. The first-order valence-electron chi connectivity index (χ1n) is 11.5. The molecule has 0 bridgehead atoms. The summed E-state index contributed by atoms with van der Waals surface area (Å²) in [5, 5.41) is 13.2. The predicted molar refractivity (Wildman–Crippen MR) is 144 cm³/mol. The largest absolute Gasteiger partial charge is 0.507 e. The van der Waals surface area contributed by atoms with Crippen molar-refractivity contribution < 1.29 is 28.9 Å². The van der Waals surface area contributed by atoms with Crippen LogP contribution in [-0.2, 0) is 9.59 Å². The van der Waals surface area contributed by atoms with Gasteiger partial charge < -0.3 is 19.3 Å². The third-order valence-corrected chi connectivity index (χ3v) is 8.39. The Morgan fingerprint density at radius 3 is 1.76 bits per heavy atom. The fourth-order valence-corrected chi connectivity index (χ4v) is 6.57. The Balaban J connectivity index is 1.60. The third kappa shape index (κ3) is 4.47. The highest BCUT2D eigenvalue weighted by atomic mass is 32.2. The van der Waals surface area contributed by atoms with Crippen LogP contribution in [0, 0.1) is 0 Å². The number of fused-ring (bicyclic) bond motifs is 1. The number of hydrogen-bond acceptors (Lipinski definition) is 8. The molecule has 3 aromatic carbocycles. The van der Waals surface area contributed by atoms with Crippen molar-refractivity contribution in [1.82, 2.24) is 0 Å². The number of carbonyl (C=O) groups excluding carboxylic acids is 2. The van der Waals surface area contributed by atoms with Crippen LogP contribution in [0.4, 0.5) is 11.4 Å². The molecule has 0 unspecified atom stereocenters. The van der Waals surface area contributed by atoms with Crippen LogP contribution in [0.1, 0.15) is 13.3 Å². The number of thioether (sulfide) groups is 2. The van der Waals surface area contributed by atoms with Gasteiger partial charge in [-0.25, -0.2) is 10.0 Å². The van der Waals surface area contributed by atoms with Crippen molar-refractivity contribution in [1.29, 1.82) is 0 Å². The molecule has 3 aromatic rings. The number of nitrogens with zero attached hydrogens (tertiary/aromatic N) is 2. The predicted octanol–water partition coefficient (Wildman–Crippen LogP) is 5.60. The maximum absolute atomic E-state index is 13.9. The van der Waals surface area contributed by atoms with Gasteiger partial charge in [0.05, 0.1) is 46.2 Å². The normalized spacial score (nSPS) is 14.9. The fourth-order valence-electron chi connectivity index (χ4n) is 3.94. The van der Waals surface area contributed by atoms with Crippen LogP contribution in [0.3, 0.4) is 0 Å². The molecule has 2 amide bonds. The van der Waals surface area contributed by atoms with E-state index < -0.39 is 11.8 Å². The van der Waals surface area contributed by atoms with Gasteiger partial charge in [0.15, 0.2) is 0 Å². The van der Waals surface area contributed by atoms with Crippen LogP contribution in [0.15, 0.2) is 80.3 Å². The number of hydrazine groups is 1. The van der Waals surface area contributed by atoms with Gasteiger partial charge in [-0.3, -0.25) is 9.59 Å². The first-order valence-corrected chi connectivity index (χ1v) is 13.2. The number of anilines is 2. The Labute approximate surface area is 222 Å². The summed E-state index contributed by atoms with van der Waals surface area (Å²) in [6, 6.07) is 17.1. The van der Waals surface area contributed by atoms with Crippen molar-refractivity contribution in [2.45, 2.75) is 23.1 Å². The minimum absolute atomic E-state index is 0.0266. The van der Waals surface area contributed by atoms with E-state index in [1.54, 1.807) is 74.9 Å². The van der Waals surface area contributed by atoms with Gasteiger partial charge in [-0.2, -0.15) is 0 Å². The standard InChI is InChI=1S/C27H24N2O6S2/c1-4-15-35-21-14-13-20(30)23-24(21)37-27(36-23)22-25(31)28(16-5-9-18(33-2)10-6-16)29(26(22)32)17-7-11-19(34-3)12-8-17/h5-14,30H,4,15H2,1-3H3. The molecule has 37 heavy (non-hydrogen) atoms. The average Bonchev–Trinajstić information content (AvgIpc) is 3.47.